The third-order valence-corrected chi connectivity index (χ3v) is 4.80. The van der Waals surface area contributed by atoms with Gasteiger partial charge in [0.25, 0.3) is 0 Å². The first kappa shape index (κ1) is 17.5. The third-order valence-electron chi connectivity index (χ3n) is 4.55. The van der Waals surface area contributed by atoms with Gasteiger partial charge >= 0.3 is 6.03 Å². The molecule has 3 rings (SSSR count). The summed E-state index contributed by atoms with van der Waals surface area (Å²) in [5, 5.41) is 3.55. The number of hydrogen-bond acceptors (Lipinski definition) is 2. The van der Waals surface area contributed by atoms with E-state index in [4.69, 9.17) is 11.6 Å². The molecule has 0 atom stereocenters. The minimum atomic E-state index is -0.108. The third kappa shape index (κ3) is 4.40. The molecular weight excluding hydrogens is 336 g/mol. The molecule has 4 nitrogen and oxygen atoms in total. The standard InChI is InChI=1S/C20H21ClN2O2/c1-14-3-2-4-18(13-14)22-20(25)23-11-9-16(10-12-23)19(24)15-5-7-17(21)8-6-15/h2-8,13,16H,9-12H2,1H3,(H,22,25). The first-order valence-corrected chi connectivity index (χ1v) is 8.83. The second-order valence-corrected chi connectivity index (χ2v) is 6.87. The molecule has 1 aliphatic rings. The summed E-state index contributed by atoms with van der Waals surface area (Å²) in [5.74, 6) is 0.0969. The van der Waals surface area contributed by atoms with E-state index in [1.54, 1.807) is 29.2 Å². The van der Waals surface area contributed by atoms with Crippen molar-refractivity contribution in [2.45, 2.75) is 19.8 Å². The van der Waals surface area contributed by atoms with Gasteiger partial charge in [-0.3, -0.25) is 4.79 Å². The maximum Gasteiger partial charge on any atom is 0.321 e. The average molecular weight is 357 g/mol. The van der Waals surface area contributed by atoms with E-state index in [2.05, 4.69) is 5.32 Å². The summed E-state index contributed by atoms with van der Waals surface area (Å²) in [6.45, 7) is 3.16. The Kier molecular flexibility index (Phi) is 5.39. The number of aryl methyl sites for hydroxylation is 1. The van der Waals surface area contributed by atoms with Gasteiger partial charge in [-0.15, -0.1) is 0 Å². The van der Waals surface area contributed by atoms with E-state index in [1.165, 1.54) is 0 Å². The number of rotatable bonds is 3. The molecule has 0 unspecified atom stereocenters. The van der Waals surface area contributed by atoms with E-state index in [-0.39, 0.29) is 17.7 Å². The highest BCUT2D eigenvalue weighted by atomic mass is 35.5. The largest absolute Gasteiger partial charge is 0.324 e. The molecule has 5 heteroatoms. The van der Waals surface area contributed by atoms with Crippen LogP contribution in [0.4, 0.5) is 10.5 Å². The number of carbonyl (C=O) groups is 2. The summed E-state index contributed by atoms with van der Waals surface area (Å²) in [5.41, 5.74) is 2.58. The molecule has 2 aromatic carbocycles. The molecule has 130 valence electrons. The summed E-state index contributed by atoms with van der Waals surface area (Å²) < 4.78 is 0. The molecule has 0 aliphatic carbocycles. The van der Waals surface area contributed by atoms with E-state index in [9.17, 15) is 9.59 Å². The second kappa shape index (κ2) is 7.70. The average Bonchev–Trinajstić information content (AvgIpc) is 2.62. The van der Waals surface area contributed by atoms with Gasteiger partial charge in [-0.05, 0) is 61.7 Å². The molecule has 1 aliphatic heterocycles. The number of benzene rings is 2. The molecule has 2 aromatic rings. The number of halogens is 1. The minimum Gasteiger partial charge on any atom is -0.324 e. The van der Waals surface area contributed by atoms with Crippen LogP contribution in [0.5, 0.6) is 0 Å². The van der Waals surface area contributed by atoms with Gasteiger partial charge in [-0.25, -0.2) is 4.79 Å². The van der Waals surface area contributed by atoms with Crippen molar-refractivity contribution in [1.82, 2.24) is 4.90 Å². The Balaban J connectivity index is 1.55. The molecule has 0 bridgehead atoms. The molecule has 1 fully saturated rings. The molecular formula is C20H21ClN2O2. The smallest absolute Gasteiger partial charge is 0.321 e. The summed E-state index contributed by atoms with van der Waals surface area (Å²) in [6.07, 6.45) is 1.37. The minimum absolute atomic E-state index is 0.0378. The maximum absolute atomic E-state index is 12.6. The van der Waals surface area contributed by atoms with Gasteiger partial charge in [0.15, 0.2) is 5.78 Å². The van der Waals surface area contributed by atoms with E-state index >= 15 is 0 Å². The molecule has 25 heavy (non-hydrogen) atoms. The van der Waals surface area contributed by atoms with Crippen LogP contribution in [0.3, 0.4) is 0 Å². The predicted octanol–water partition coefficient (Wildman–Crippen LogP) is 4.78. The Morgan fingerprint density at radius 2 is 1.76 bits per heavy atom. The first-order valence-electron chi connectivity index (χ1n) is 8.45. The van der Waals surface area contributed by atoms with Crippen LogP contribution in [0, 0.1) is 12.8 Å². The lowest BCUT2D eigenvalue weighted by Gasteiger charge is -2.31. The zero-order valence-corrected chi connectivity index (χ0v) is 14.9. The number of carbonyl (C=O) groups excluding carboxylic acids is 2. The molecule has 0 saturated carbocycles. The predicted molar refractivity (Wildman–Crippen MR) is 100 cm³/mol. The van der Waals surface area contributed by atoms with Crippen molar-refractivity contribution < 1.29 is 9.59 Å². The number of ketones is 1. The Morgan fingerprint density at radius 3 is 2.40 bits per heavy atom. The van der Waals surface area contributed by atoms with E-state index in [0.29, 0.717) is 36.5 Å². The van der Waals surface area contributed by atoms with Gasteiger partial charge in [-0.1, -0.05) is 23.7 Å². The fourth-order valence-electron chi connectivity index (χ4n) is 3.12. The van der Waals surface area contributed by atoms with Crippen LogP contribution in [0.2, 0.25) is 5.02 Å². The fourth-order valence-corrected chi connectivity index (χ4v) is 3.25. The maximum atomic E-state index is 12.6. The molecule has 1 heterocycles. The van der Waals surface area contributed by atoms with Crippen LogP contribution < -0.4 is 5.32 Å². The van der Waals surface area contributed by atoms with Crippen LogP contribution in [-0.2, 0) is 0 Å². The van der Waals surface area contributed by atoms with Crippen LogP contribution >= 0.6 is 11.6 Å². The van der Waals surface area contributed by atoms with Gasteiger partial charge in [-0.2, -0.15) is 0 Å². The van der Waals surface area contributed by atoms with Crippen molar-refractivity contribution >= 4 is 29.1 Å². The molecule has 0 radical (unpaired) electrons. The number of nitrogens with zero attached hydrogens (tertiary/aromatic N) is 1. The molecule has 1 saturated heterocycles. The van der Waals surface area contributed by atoms with Gasteiger partial charge in [0.05, 0.1) is 0 Å². The number of likely N-dealkylation sites (tertiary alicyclic amines) is 1. The Labute approximate surface area is 152 Å². The Hall–Kier alpha value is -2.33. The quantitative estimate of drug-likeness (QED) is 0.805. The first-order chi connectivity index (χ1) is 12.0. The SMILES string of the molecule is Cc1cccc(NC(=O)N2CCC(C(=O)c3ccc(Cl)cc3)CC2)c1. The number of anilines is 1. The number of hydrogen-bond donors (Lipinski definition) is 1. The number of nitrogens with one attached hydrogen (secondary N) is 1. The Bertz CT molecular complexity index is 766. The number of Topliss-reactive ketones (excluding diaryl/α,β-unsaturated/α-hetero) is 1. The number of urea groups is 1. The van der Waals surface area contributed by atoms with E-state index in [0.717, 1.165) is 11.3 Å². The highest BCUT2D eigenvalue weighted by Crippen LogP contribution is 2.23. The normalized spacial score (nSPS) is 15.0. The lowest BCUT2D eigenvalue weighted by Crippen LogP contribution is -2.42. The summed E-state index contributed by atoms with van der Waals surface area (Å²) in [6, 6.07) is 14.6. The van der Waals surface area contributed by atoms with Crippen LogP contribution in [-0.4, -0.2) is 29.8 Å². The van der Waals surface area contributed by atoms with Crippen molar-refractivity contribution in [3.05, 3.63) is 64.7 Å². The Morgan fingerprint density at radius 1 is 1.08 bits per heavy atom. The van der Waals surface area contributed by atoms with Crippen LogP contribution in [0.1, 0.15) is 28.8 Å². The highest BCUT2D eigenvalue weighted by molar-refractivity contribution is 6.30. The molecule has 1 N–H and O–H groups in total. The zero-order chi connectivity index (χ0) is 17.8. The summed E-state index contributed by atoms with van der Waals surface area (Å²) in [7, 11) is 0. The topological polar surface area (TPSA) is 49.4 Å². The fraction of sp³-hybridized carbons (Fsp3) is 0.300. The number of piperidine rings is 1. The van der Waals surface area contributed by atoms with Crippen molar-refractivity contribution in [3.8, 4) is 0 Å². The molecule has 2 amide bonds. The van der Waals surface area contributed by atoms with E-state index < -0.39 is 0 Å². The monoisotopic (exact) mass is 356 g/mol. The van der Waals surface area contributed by atoms with Crippen LogP contribution in [0.15, 0.2) is 48.5 Å². The van der Waals surface area contributed by atoms with Crippen molar-refractivity contribution in [2.24, 2.45) is 5.92 Å². The lowest BCUT2D eigenvalue weighted by atomic mass is 9.89. The van der Waals surface area contributed by atoms with Crippen LogP contribution in [0.25, 0.3) is 0 Å². The van der Waals surface area contributed by atoms with Crippen molar-refractivity contribution in [1.29, 1.82) is 0 Å². The molecule has 0 aromatic heterocycles. The van der Waals surface area contributed by atoms with Crippen molar-refractivity contribution in [2.75, 3.05) is 18.4 Å². The number of amides is 2. The zero-order valence-electron chi connectivity index (χ0n) is 14.2. The highest BCUT2D eigenvalue weighted by Gasteiger charge is 2.28. The summed E-state index contributed by atoms with van der Waals surface area (Å²) >= 11 is 5.87. The van der Waals surface area contributed by atoms with E-state index in [1.807, 2.05) is 31.2 Å². The van der Waals surface area contributed by atoms with Gasteiger partial charge < -0.3 is 10.2 Å². The lowest BCUT2D eigenvalue weighted by molar-refractivity contribution is 0.0859. The van der Waals surface area contributed by atoms with Crippen molar-refractivity contribution in [3.63, 3.8) is 0 Å². The van der Waals surface area contributed by atoms with Gasteiger partial charge in [0, 0.05) is 35.3 Å². The second-order valence-electron chi connectivity index (χ2n) is 6.43. The summed E-state index contributed by atoms with van der Waals surface area (Å²) in [4.78, 5) is 26.7. The van der Waals surface area contributed by atoms with Gasteiger partial charge in [0.2, 0.25) is 0 Å². The van der Waals surface area contributed by atoms with Gasteiger partial charge in [0.1, 0.15) is 0 Å². The molecule has 0 spiro atoms.